The molecule has 4 aromatic carbocycles. The molecule has 0 aliphatic rings. The van der Waals surface area contributed by atoms with Crippen molar-refractivity contribution >= 4 is 25.5 Å². The molecule has 0 aliphatic heterocycles. The zero-order chi connectivity index (χ0) is 31.0. The second-order valence-electron chi connectivity index (χ2n) is 10.5. The third-order valence-corrected chi connectivity index (χ3v) is 9.83. The predicted octanol–water partition coefficient (Wildman–Crippen LogP) is 5.45. The summed E-state index contributed by atoms with van der Waals surface area (Å²) in [5.74, 6) is 1.36. The maximum Gasteiger partial charge on any atom is 0.243 e. The molecule has 0 aromatic heterocycles. The van der Waals surface area contributed by atoms with E-state index in [1.165, 1.54) is 10.6 Å². The lowest BCUT2D eigenvalue weighted by atomic mass is 10.1. The fourth-order valence-corrected chi connectivity index (χ4v) is 6.53. The van der Waals surface area contributed by atoms with Crippen LogP contribution >= 0.6 is 0 Å². The molecule has 0 bridgehead atoms. The van der Waals surface area contributed by atoms with Crippen molar-refractivity contribution in [3.8, 4) is 11.5 Å². The summed E-state index contributed by atoms with van der Waals surface area (Å²) in [5, 5.41) is 0. The van der Waals surface area contributed by atoms with E-state index in [2.05, 4.69) is 0 Å². The van der Waals surface area contributed by atoms with Gasteiger partial charge in [0.1, 0.15) is 21.3 Å². The Morgan fingerprint density at radius 3 is 1.49 bits per heavy atom. The maximum absolute atomic E-state index is 14.0. The molecule has 0 radical (unpaired) electrons. The van der Waals surface area contributed by atoms with Gasteiger partial charge in [-0.05, 0) is 72.1 Å². The van der Waals surface area contributed by atoms with Gasteiger partial charge in [-0.3, -0.25) is 0 Å². The van der Waals surface area contributed by atoms with Crippen molar-refractivity contribution in [2.75, 3.05) is 37.7 Å². The van der Waals surface area contributed by atoms with Gasteiger partial charge < -0.3 is 14.4 Å². The monoisotopic (exact) mass is 622 g/mol. The molecule has 0 saturated carbocycles. The van der Waals surface area contributed by atoms with Crippen molar-refractivity contribution in [1.29, 1.82) is 0 Å². The van der Waals surface area contributed by atoms with Crippen LogP contribution < -0.4 is 14.4 Å². The Morgan fingerprint density at radius 2 is 1.05 bits per heavy atom. The van der Waals surface area contributed by atoms with Crippen LogP contribution in [0.25, 0.3) is 0 Å². The normalized spacial score (nSPS) is 11.8. The number of hydrogen-bond acceptors (Lipinski definition) is 7. The highest BCUT2D eigenvalue weighted by atomic mass is 32.2. The van der Waals surface area contributed by atoms with E-state index in [0.29, 0.717) is 18.0 Å². The third-order valence-electron chi connectivity index (χ3n) is 7.10. The summed E-state index contributed by atoms with van der Waals surface area (Å²) in [4.78, 5) is 2.10. The fraction of sp³-hybridized carbons (Fsp3) is 0.273. The molecule has 228 valence electrons. The third kappa shape index (κ3) is 9.06. The summed E-state index contributed by atoms with van der Waals surface area (Å²) in [6, 6.07) is 29.3. The van der Waals surface area contributed by atoms with E-state index in [-0.39, 0.29) is 30.3 Å². The molecule has 0 atom stereocenters. The number of hydrogen-bond donors (Lipinski definition) is 0. The van der Waals surface area contributed by atoms with Crippen LogP contribution in [0.3, 0.4) is 0 Å². The predicted molar refractivity (Wildman–Crippen MR) is 171 cm³/mol. The molecular weight excluding hydrogens is 585 g/mol. The van der Waals surface area contributed by atoms with Crippen LogP contribution in [0.15, 0.2) is 102 Å². The summed E-state index contributed by atoms with van der Waals surface area (Å²) in [7, 11) is -3.94. The van der Waals surface area contributed by atoms with Crippen molar-refractivity contribution in [2.45, 2.75) is 31.5 Å². The lowest BCUT2D eigenvalue weighted by Crippen LogP contribution is -2.31. The van der Waals surface area contributed by atoms with Crippen LogP contribution in [0.5, 0.6) is 11.5 Å². The van der Waals surface area contributed by atoms with Crippen molar-refractivity contribution in [2.24, 2.45) is 0 Å². The minimum atomic E-state index is -3.91. The number of rotatable bonds is 14. The highest BCUT2D eigenvalue weighted by Crippen LogP contribution is 2.26. The Balaban J connectivity index is 1.63. The zero-order valence-electron chi connectivity index (χ0n) is 24.9. The Bertz CT molecular complexity index is 1640. The van der Waals surface area contributed by atoms with Gasteiger partial charge in [0.15, 0.2) is 0 Å². The fourth-order valence-electron chi connectivity index (χ4n) is 4.56. The Kier molecular flexibility index (Phi) is 10.5. The lowest BCUT2D eigenvalue weighted by molar-refractivity contribution is 0.397. The Hall–Kier alpha value is -3.86. The molecule has 0 aliphatic carbocycles. The van der Waals surface area contributed by atoms with Crippen molar-refractivity contribution in [3.05, 3.63) is 119 Å². The first-order chi connectivity index (χ1) is 20.5. The smallest absolute Gasteiger partial charge is 0.243 e. The lowest BCUT2D eigenvalue weighted by Gasteiger charge is -2.26. The first kappa shape index (κ1) is 32.1. The molecule has 0 heterocycles. The van der Waals surface area contributed by atoms with Gasteiger partial charge in [-0.25, -0.2) is 16.8 Å². The van der Waals surface area contributed by atoms with Gasteiger partial charge in [0.2, 0.25) is 10.0 Å². The number of aryl methyl sites for hydroxylation is 1. The van der Waals surface area contributed by atoms with E-state index in [1.807, 2.05) is 60.4 Å². The summed E-state index contributed by atoms with van der Waals surface area (Å²) in [5.41, 5.74) is 4.54. The van der Waals surface area contributed by atoms with E-state index in [1.54, 1.807) is 62.8 Å². The molecule has 8 nitrogen and oxygen atoms in total. The van der Waals surface area contributed by atoms with Gasteiger partial charge in [-0.15, -0.1) is 0 Å². The van der Waals surface area contributed by atoms with Crippen molar-refractivity contribution in [3.63, 3.8) is 0 Å². The van der Waals surface area contributed by atoms with Gasteiger partial charge in [-0.2, -0.15) is 4.31 Å². The summed E-state index contributed by atoms with van der Waals surface area (Å²) < 4.78 is 64.0. The van der Waals surface area contributed by atoms with Crippen LogP contribution in [0, 0.1) is 6.92 Å². The molecule has 4 aromatic rings. The van der Waals surface area contributed by atoms with Crippen LogP contribution in [0.1, 0.15) is 22.3 Å². The number of anilines is 1. The van der Waals surface area contributed by atoms with Gasteiger partial charge in [0.05, 0.1) is 24.9 Å². The molecule has 43 heavy (non-hydrogen) atoms. The molecule has 0 fully saturated rings. The molecule has 0 amide bonds. The van der Waals surface area contributed by atoms with Crippen molar-refractivity contribution < 1.29 is 26.3 Å². The number of sulfonamides is 1. The number of nitrogens with zero attached hydrogens (tertiary/aromatic N) is 2. The summed E-state index contributed by atoms with van der Waals surface area (Å²) >= 11 is 0. The number of ether oxygens (including phenoxy) is 2. The standard InChI is InChI=1S/C33H38N2O6S2/c1-26-5-7-27(8-6-26)23-34(21-22-42(4,36)37)30-13-19-33(20-14-30)43(38,39)35(24-28-9-15-31(40-2)16-10-28)25-29-11-17-32(41-3)18-12-29/h5-20H,21-25H2,1-4H3. The van der Waals surface area contributed by atoms with Gasteiger partial charge in [0, 0.05) is 38.1 Å². The zero-order valence-corrected chi connectivity index (χ0v) is 26.6. The second kappa shape index (κ2) is 14.1. The summed E-state index contributed by atoms with van der Waals surface area (Å²) in [6.45, 7) is 3.10. The van der Waals surface area contributed by atoms with E-state index in [4.69, 9.17) is 9.47 Å². The minimum absolute atomic E-state index is 0.0174. The SMILES string of the molecule is COc1ccc(CN(Cc2ccc(OC)cc2)S(=O)(=O)c2ccc(N(CCS(C)(=O)=O)Cc3ccc(C)cc3)cc2)cc1. The van der Waals surface area contributed by atoms with E-state index < -0.39 is 19.9 Å². The second-order valence-corrected chi connectivity index (χ2v) is 14.7. The largest absolute Gasteiger partial charge is 0.497 e. The molecule has 4 rings (SSSR count). The highest BCUT2D eigenvalue weighted by Gasteiger charge is 2.26. The quantitative estimate of drug-likeness (QED) is 0.185. The molecule has 0 unspecified atom stereocenters. The first-order valence-corrected chi connectivity index (χ1v) is 17.3. The average Bonchev–Trinajstić information content (AvgIpc) is 3.00. The van der Waals surface area contributed by atoms with Gasteiger partial charge in [0.25, 0.3) is 0 Å². The molecule has 0 spiro atoms. The highest BCUT2D eigenvalue weighted by molar-refractivity contribution is 7.90. The molecule has 0 saturated heterocycles. The van der Waals surface area contributed by atoms with E-state index >= 15 is 0 Å². The average molecular weight is 623 g/mol. The van der Waals surface area contributed by atoms with Crippen molar-refractivity contribution in [1.82, 2.24) is 4.31 Å². The first-order valence-electron chi connectivity index (χ1n) is 13.8. The maximum atomic E-state index is 14.0. The molecular formula is C33H38N2O6S2. The minimum Gasteiger partial charge on any atom is -0.497 e. The van der Waals surface area contributed by atoms with Gasteiger partial charge in [-0.1, -0.05) is 54.1 Å². The molecule has 0 N–H and O–H groups in total. The van der Waals surface area contributed by atoms with Crippen LogP contribution in [-0.4, -0.2) is 53.9 Å². The topological polar surface area (TPSA) is 93.2 Å². The Labute approximate surface area is 255 Å². The van der Waals surface area contributed by atoms with Crippen LogP contribution in [-0.2, 0) is 39.5 Å². The van der Waals surface area contributed by atoms with E-state index in [0.717, 1.165) is 27.9 Å². The number of benzene rings is 4. The van der Waals surface area contributed by atoms with Crippen LogP contribution in [0.2, 0.25) is 0 Å². The van der Waals surface area contributed by atoms with Gasteiger partial charge >= 0.3 is 0 Å². The van der Waals surface area contributed by atoms with Crippen LogP contribution in [0.4, 0.5) is 5.69 Å². The number of sulfone groups is 1. The molecule has 10 heteroatoms. The van der Waals surface area contributed by atoms with E-state index in [9.17, 15) is 16.8 Å². The Morgan fingerprint density at radius 1 is 0.605 bits per heavy atom. The number of methoxy groups -OCH3 is 2. The summed E-state index contributed by atoms with van der Waals surface area (Å²) in [6.07, 6.45) is 1.22.